The molecule has 2 aromatic carbocycles. The number of nitrogens with zero attached hydrogens (tertiary/aromatic N) is 1. The molecule has 6 nitrogen and oxygen atoms in total. The van der Waals surface area contributed by atoms with Gasteiger partial charge in [0.05, 0.1) is 11.6 Å². The molecule has 0 spiro atoms. The van der Waals surface area contributed by atoms with Crippen molar-refractivity contribution >= 4 is 23.2 Å². The Morgan fingerprint density at radius 3 is 2.74 bits per heavy atom. The van der Waals surface area contributed by atoms with Crippen LogP contribution in [0.1, 0.15) is 38.3 Å². The molecule has 2 aliphatic heterocycles. The molecule has 0 bridgehead atoms. The van der Waals surface area contributed by atoms with Gasteiger partial charge < -0.3 is 19.7 Å². The van der Waals surface area contributed by atoms with E-state index in [1.165, 1.54) is 5.56 Å². The normalized spacial score (nSPS) is 22.0. The molecule has 2 amide bonds. The number of fused-ring (bicyclic) bond motifs is 2. The number of aryl methyl sites for hydroxylation is 2. The first kappa shape index (κ1) is 22.2. The molecule has 0 unspecified atom stereocenters. The SMILES string of the molecule is Cc1csc(-c2cc(C)ccc2C(=O)N2C[C@H]3C[C@H]3[C@H]2CNC(=O)c2cccc3c2OCCO3)c1. The number of amides is 2. The molecule has 35 heavy (non-hydrogen) atoms. The quantitative estimate of drug-likeness (QED) is 0.566. The number of ether oxygens (including phenoxy) is 2. The fourth-order valence-corrected chi connectivity index (χ4v) is 6.32. The van der Waals surface area contributed by atoms with E-state index in [-0.39, 0.29) is 17.9 Å². The average Bonchev–Trinajstić information content (AvgIpc) is 3.34. The maximum absolute atomic E-state index is 13.8. The number of rotatable bonds is 5. The second kappa shape index (κ2) is 8.72. The van der Waals surface area contributed by atoms with Crippen LogP contribution >= 0.6 is 11.3 Å². The standard InChI is InChI=1S/C28H28N2O4S/c1-16-6-7-19(22(10-16)25-11-17(2)15-35-25)28(32)30-14-18-12-21(18)23(30)13-29-27(31)20-4-3-5-24-26(20)34-9-8-33-24/h3-7,10-11,15,18,21,23H,8-9,12-14H2,1-2H3,(H,29,31)/t18-,21-,23-/m1/s1. The highest BCUT2D eigenvalue weighted by atomic mass is 32.1. The van der Waals surface area contributed by atoms with E-state index in [9.17, 15) is 9.59 Å². The van der Waals surface area contributed by atoms with E-state index >= 15 is 0 Å². The van der Waals surface area contributed by atoms with Crippen molar-refractivity contribution in [3.8, 4) is 21.9 Å². The van der Waals surface area contributed by atoms with Gasteiger partial charge in [0.25, 0.3) is 11.8 Å². The molecule has 180 valence electrons. The number of carbonyl (C=O) groups excluding carboxylic acids is 2. The summed E-state index contributed by atoms with van der Waals surface area (Å²) in [7, 11) is 0. The van der Waals surface area contributed by atoms with Crippen LogP contribution in [0.5, 0.6) is 11.5 Å². The number of para-hydroxylation sites is 1. The van der Waals surface area contributed by atoms with Crippen LogP contribution in [0, 0.1) is 25.7 Å². The molecule has 3 heterocycles. The van der Waals surface area contributed by atoms with Crippen molar-refractivity contribution in [2.45, 2.75) is 26.3 Å². The highest BCUT2D eigenvalue weighted by molar-refractivity contribution is 7.13. The maximum Gasteiger partial charge on any atom is 0.255 e. The van der Waals surface area contributed by atoms with Crippen molar-refractivity contribution in [2.24, 2.45) is 11.8 Å². The van der Waals surface area contributed by atoms with E-state index in [1.807, 2.05) is 23.1 Å². The van der Waals surface area contributed by atoms with E-state index < -0.39 is 0 Å². The highest BCUT2D eigenvalue weighted by Crippen LogP contribution is 2.50. The lowest BCUT2D eigenvalue weighted by Crippen LogP contribution is -2.45. The summed E-state index contributed by atoms with van der Waals surface area (Å²) in [6.45, 7) is 6.21. The first-order chi connectivity index (χ1) is 17.0. The first-order valence-electron chi connectivity index (χ1n) is 12.1. The van der Waals surface area contributed by atoms with Gasteiger partial charge in [-0.05, 0) is 73.4 Å². The van der Waals surface area contributed by atoms with Crippen molar-refractivity contribution in [3.05, 3.63) is 70.1 Å². The molecular weight excluding hydrogens is 460 g/mol. The molecule has 1 aromatic heterocycles. The smallest absolute Gasteiger partial charge is 0.255 e. The lowest BCUT2D eigenvalue weighted by atomic mass is 10.0. The van der Waals surface area contributed by atoms with Crippen LogP contribution in [0.25, 0.3) is 10.4 Å². The summed E-state index contributed by atoms with van der Waals surface area (Å²) < 4.78 is 11.3. The highest BCUT2D eigenvalue weighted by Gasteiger charge is 2.54. The Kier molecular flexibility index (Phi) is 5.52. The predicted octanol–water partition coefficient (Wildman–Crippen LogP) is 4.69. The third kappa shape index (κ3) is 4.08. The monoisotopic (exact) mass is 488 g/mol. The summed E-state index contributed by atoms with van der Waals surface area (Å²) >= 11 is 1.67. The van der Waals surface area contributed by atoms with Crippen LogP contribution in [0.4, 0.5) is 0 Å². The molecule has 3 atom stereocenters. The van der Waals surface area contributed by atoms with Crippen LogP contribution in [-0.4, -0.2) is 49.1 Å². The van der Waals surface area contributed by atoms with Gasteiger partial charge in [-0.25, -0.2) is 0 Å². The summed E-state index contributed by atoms with van der Waals surface area (Å²) in [5.74, 6) is 1.91. The third-order valence-corrected chi connectivity index (χ3v) is 8.33. The summed E-state index contributed by atoms with van der Waals surface area (Å²) in [6.07, 6.45) is 1.12. The molecule has 1 saturated carbocycles. The Balaban J connectivity index is 1.22. The summed E-state index contributed by atoms with van der Waals surface area (Å²) in [5, 5.41) is 5.19. The lowest BCUT2D eigenvalue weighted by molar-refractivity contribution is 0.0695. The largest absolute Gasteiger partial charge is 0.486 e. The van der Waals surface area contributed by atoms with Crippen molar-refractivity contribution in [1.29, 1.82) is 0 Å². The van der Waals surface area contributed by atoms with Crippen molar-refractivity contribution in [3.63, 3.8) is 0 Å². The van der Waals surface area contributed by atoms with Crippen LogP contribution in [0.15, 0.2) is 47.8 Å². The molecule has 3 aromatic rings. The van der Waals surface area contributed by atoms with E-state index in [4.69, 9.17) is 9.47 Å². The fraction of sp³-hybridized carbons (Fsp3) is 0.357. The number of carbonyl (C=O) groups is 2. The van der Waals surface area contributed by atoms with E-state index in [1.54, 1.807) is 23.5 Å². The summed E-state index contributed by atoms with van der Waals surface area (Å²) in [6, 6.07) is 13.6. The Hall–Kier alpha value is -3.32. The molecule has 2 fully saturated rings. The van der Waals surface area contributed by atoms with Gasteiger partial charge in [0.1, 0.15) is 13.2 Å². The van der Waals surface area contributed by atoms with Crippen LogP contribution in [0.2, 0.25) is 0 Å². The minimum Gasteiger partial charge on any atom is -0.486 e. The molecule has 7 heteroatoms. The predicted molar refractivity (Wildman–Crippen MR) is 135 cm³/mol. The molecule has 1 saturated heterocycles. The zero-order valence-corrected chi connectivity index (χ0v) is 20.7. The Bertz CT molecular complexity index is 1320. The van der Waals surface area contributed by atoms with Gasteiger partial charge >= 0.3 is 0 Å². The van der Waals surface area contributed by atoms with Gasteiger partial charge in [0, 0.05) is 29.1 Å². The molecule has 6 rings (SSSR count). The molecule has 0 radical (unpaired) electrons. The third-order valence-electron chi connectivity index (χ3n) is 7.25. The summed E-state index contributed by atoms with van der Waals surface area (Å²) in [4.78, 5) is 30.0. The Morgan fingerprint density at radius 2 is 1.91 bits per heavy atom. The zero-order chi connectivity index (χ0) is 24.1. The first-order valence-corrected chi connectivity index (χ1v) is 13.0. The Morgan fingerprint density at radius 1 is 1.06 bits per heavy atom. The minimum absolute atomic E-state index is 0.00705. The zero-order valence-electron chi connectivity index (χ0n) is 19.9. The van der Waals surface area contributed by atoms with Gasteiger partial charge in [-0.2, -0.15) is 0 Å². The second-order valence-electron chi connectivity index (χ2n) is 9.76. The Labute approximate surface area is 208 Å². The van der Waals surface area contributed by atoms with Crippen LogP contribution < -0.4 is 14.8 Å². The number of likely N-dealkylation sites (tertiary alicyclic amines) is 1. The summed E-state index contributed by atoms with van der Waals surface area (Å²) in [5.41, 5.74) is 4.53. The maximum atomic E-state index is 13.8. The number of hydrogen-bond donors (Lipinski definition) is 1. The van der Waals surface area contributed by atoms with Crippen molar-refractivity contribution in [1.82, 2.24) is 10.2 Å². The van der Waals surface area contributed by atoms with Crippen LogP contribution in [-0.2, 0) is 0 Å². The van der Waals surface area contributed by atoms with E-state index in [2.05, 4.69) is 36.7 Å². The van der Waals surface area contributed by atoms with Crippen molar-refractivity contribution < 1.29 is 19.1 Å². The van der Waals surface area contributed by atoms with Gasteiger partial charge in [-0.1, -0.05) is 17.7 Å². The van der Waals surface area contributed by atoms with Gasteiger partial charge in [0.15, 0.2) is 11.5 Å². The molecule has 1 aliphatic carbocycles. The fourth-order valence-electron chi connectivity index (χ4n) is 5.39. The molecular formula is C28H28N2O4S. The topological polar surface area (TPSA) is 67.9 Å². The number of benzene rings is 2. The number of nitrogens with one attached hydrogen (secondary N) is 1. The number of thiophene rings is 1. The van der Waals surface area contributed by atoms with Crippen molar-refractivity contribution in [2.75, 3.05) is 26.3 Å². The van der Waals surface area contributed by atoms with Gasteiger partial charge in [0.2, 0.25) is 0 Å². The van der Waals surface area contributed by atoms with E-state index in [0.717, 1.165) is 34.5 Å². The molecule has 1 N–H and O–H groups in total. The van der Waals surface area contributed by atoms with E-state index in [0.29, 0.717) is 48.7 Å². The minimum atomic E-state index is -0.200. The molecule has 3 aliphatic rings. The number of piperidine rings is 1. The van der Waals surface area contributed by atoms with Crippen LogP contribution in [0.3, 0.4) is 0 Å². The second-order valence-corrected chi connectivity index (χ2v) is 10.7. The average molecular weight is 489 g/mol. The van der Waals surface area contributed by atoms with Gasteiger partial charge in [-0.3, -0.25) is 9.59 Å². The number of hydrogen-bond acceptors (Lipinski definition) is 5. The van der Waals surface area contributed by atoms with Gasteiger partial charge in [-0.15, -0.1) is 11.3 Å². The lowest BCUT2D eigenvalue weighted by Gasteiger charge is -2.29.